The maximum atomic E-state index is 11.4. The van der Waals surface area contributed by atoms with Crippen LogP contribution in [0, 0.1) is 0 Å². The van der Waals surface area contributed by atoms with Crippen molar-refractivity contribution in [2.75, 3.05) is 0 Å². The first kappa shape index (κ1) is 13.5. The molecule has 2 nitrogen and oxygen atoms in total. The molecule has 5 heteroatoms. The van der Waals surface area contributed by atoms with Crippen LogP contribution in [0.1, 0.15) is 10.4 Å². The number of hydrogen-bond acceptors (Lipinski definition) is 1. The molecule has 20 heavy (non-hydrogen) atoms. The highest BCUT2D eigenvalue weighted by atomic mass is 35.5. The van der Waals surface area contributed by atoms with Gasteiger partial charge in [0.25, 0.3) is 0 Å². The Labute approximate surface area is 130 Å². The predicted molar refractivity (Wildman–Crippen MR) is 84.2 cm³/mol. The van der Waals surface area contributed by atoms with Crippen molar-refractivity contribution in [3.8, 4) is 11.3 Å². The highest BCUT2D eigenvalue weighted by Crippen LogP contribution is 2.37. The van der Waals surface area contributed by atoms with Crippen molar-refractivity contribution < 1.29 is 4.79 Å². The molecule has 3 rings (SSSR count). The molecular formula is C15H8Cl3NO. The number of carbonyl (C=O) groups excluding carboxylic acids is 1. The van der Waals surface area contributed by atoms with Crippen LogP contribution in [0.25, 0.3) is 22.2 Å². The average molecular weight is 325 g/mol. The quantitative estimate of drug-likeness (QED) is 0.482. The van der Waals surface area contributed by atoms with Crippen molar-refractivity contribution in [1.29, 1.82) is 0 Å². The summed E-state index contributed by atoms with van der Waals surface area (Å²) in [6.07, 6.45) is 0.813. The fourth-order valence-corrected chi connectivity index (χ4v) is 2.85. The van der Waals surface area contributed by atoms with E-state index in [1.807, 2.05) is 24.3 Å². The molecule has 0 aliphatic rings. The van der Waals surface area contributed by atoms with Crippen molar-refractivity contribution in [2.24, 2.45) is 0 Å². The molecule has 0 fully saturated rings. The summed E-state index contributed by atoms with van der Waals surface area (Å²) < 4.78 is 0. The van der Waals surface area contributed by atoms with E-state index in [4.69, 9.17) is 34.8 Å². The van der Waals surface area contributed by atoms with E-state index in [0.717, 1.165) is 17.2 Å². The maximum Gasteiger partial charge on any atom is 0.152 e. The summed E-state index contributed by atoms with van der Waals surface area (Å²) in [6.45, 7) is 0. The standard InChI is InChI=1S/C15H8Cl3NO/c16-11-6-13(18)12(17)5-9(11)15-10(7-20)8-3-1-2-4-14(8)19-15/h1-7,19H. The van der Waals surface area contributed by atoms with Crippen LogP contribution in [0.2, 0.25) is 15.1 Å². The van der Waals surface area contributed by atoms with Gasteiger partial charge in [0.15, 0.2) is 6.29 Å². The lowest BCUT2D eigenvalue weighted by atomic mass is 10.1. The summed E-state index contributed by atoms with van der Waals surface area (Å²) in [5, 5.41) is 2.06. The van der Waals surface area contributed by atoms with Crippen LogP contribution < -0.4 is 0 Å². The van der Waals surface area contributed by atoms with E-state index in [9.17, 15) is 4.79 Å². The lowest BCUT2D eigenvalue weighted by molar-refractivity contribution is 0.112. The summed E-state index contributed by atoms with van der Waals surface area (Å²) in [5.41, 5.74) is 2.72. The van der Waals surface area contributed by atoms with Crippen LogP contribution in [-0.2, 0) is 0 Å². The Morgan fingerprint density at radius 2 is 1.65 bits per heavy atom. The molecule has 1 aromatic heterocycles. The fraction of sp³-hybridized carbons (Fsp3) is 0. The van der Waals surface area contributed by atoms with Gasteiger partial charge in [-0.3, -0.25) is 4.79 Å². The van der Waals surface area contributed by atoms with Crippen LogP contribution >= 0.6 is 34.8 Å². The van der Waals surface area contributed by atoms with Gasteiger partial charge in [-0.2, -0.15) is 0 Å². The second-order valence-corrected chi connectivity index (χ2v) is 5.54. The minimum atomic E-state index is 0.379. The topological polar surface area (TPSA) is 32.9 Å². The van der Waals surface area contributed by atoms with Gasteiger partial charge >= 0.3 is 0 Å². The molecular weight excluding hydrogens is 317 g/mol. The van der Waals surface area contributed by atoms with Gasteiger partial charge in [0.05, 0.1) is 20.8 Å². The smallest absolute Gasteiger partial charge is 0.152 e. The summed E-state index contributed by atoms with van der Waals surface area (Å²) >= 11 is 18.2. The van der Waals surface area contributed by atoms with Crippen LogP contribution in [0.15, 0.2) is 36.4 Å². The summed E-state index contributed by atoms with van der Waals surface area (Å²) in [6, 6.07) is 10.8. The van der Waals surface area contributed by atoms with Crippen LogP contribution in [0.5, 0.6) is 0 Å². The predicted octanol–water partition coefficient (Wildman–Crippen LogP) is 5.61. The Morgan fingerprint density at radius 1 is 0.950 bits per heavy atom. The monoisotopic (exact) mass is 323 g/mol. The van der Waals surface area contributed by atoms with E-state index < -0.39 is 0 Å². The number of aldehydes is 1. The molecule has 2 aromatic carbocycles. The van der Waals surface area contributed by atoms with E-state index in [2.05, 4.69) is 4.98 Å². The van der Waals surface area contributed by atoms with Gasteiger partial charge in [0.2, 0.25) is 0 Å². The number of halogens is 3. The summed E-state index contributed by atoms with van der Waals surface area (Å²) in [4.78, 5) is 14.6. The number of fused-ring (bicyclic) bond motifs is 1. The number of hydrogen-bond donors (Lipinski definition) is 1. The lowest BCUT2D eigenvalue weighted by Gasteiger charge is -2.05. The largest absolute Gasteiger partial charge is 0.354 e. The first-order valence-corrected chi connectivity index (χ1v) is 6.96. The normalized spacial score (nSPS) is 10.9. The number of rotatable bonds is 2. The Kier molecular flexibility index (Phi) is 3.47. The molecule has 0 spiro atoms. The van der Waals surface area contributed by atoms with Crippen molar-refractivity contribution >= 4 is 52.0 Å². The lowest BCUT2D eigenvalue weighted by Crippen LogP contribution is -1.86. The van der Waals surface area contributed by atoms with Gasteiger partial charge in [0.1, 0.15) is 0 Å². The Morgan fingerprint density at radius 3 is 2.40 bits per heavy atom. The SMILES string of the molecule is O=Cc1c(-c2cc(Cl)c(Cl)cc2Cl)[nH]c2ccccc12. The van der Waals surface area contributed by atoms with Crippen molar-refractivity contribution in [3.05, 3.63) is 57.0 Å². The van der Waals surface area contributed by atoms with Crippen molar-refractivity contribution in [2.45, 2.75) is 0 Å². The molecule has 0 aliphatic carbocycles. The molecule has 0 aliphatic heterocycles. The zero-order valence-electron chi connectivity index (χ0n) is 10.1. The molecule has 0 saturated heterocycles. The molecule has 0 unspecified atom stereocenters. The number of aromatic nitrogens is 1. The number of carbonyl (C=O) groups is 1. The number of para-hydroxylation sites is 1. The number of aromatic amines is 1. The average Bonchev–Trinajstić information content (AvgIpc) is 2.81. The number of nitrogens with one attached hydrogen (secondary N) is 1. The third-order valence-electron chi connectivity index (χ3n) is 3.14. The zero-order valence-corrected chi connectivity index (χ0v) is 12.4. The van der Waals surface area contributed by atoms with Gasteiger partial charge in [-0.25, -0.2) is 0 Å². The van der Waals surface area contributed by atoms with E-state index in [0.29, 0.717) is 31.9 Å². The first-order chi connectivity index (χ1) is 9.61. The molecule has 0 bridgehead atoms. The minimum Gasteiger partial charge on any atom is -0.354 e. The summed E-state index contributed by atoms with van der Waals surface area (Å²) in [5.74, 6) is 0. The van der Waals surface area contributed by atoms with Crippen molar-refractivity contribution in [1.82, 2.24) is 4.98 Å². The second kappa shape index (κ2) is 5.13. The molecule has 0 radical (unpaired) electrons. The van der Waals surface area contributed by atoms with Gasteiger partial charge < -0.3 is 4.98 Å². The third kappa shape index (κ3) is 2.10. The molecule has 0 saturated carbocycles. The highest BCUT2D eigenvalue weighted by molar-refractivity contribution is 6.44. The number of H-pyrrole nitrogens is 1. The summed E-state index contributed by atoms with van der Waals surface area (Å²) in [7, 11) is 0. The van der Waals surface area contributed by atoms with Gasteiger partial charge in [-0.15, -0.1) is 0 Å². The second-order valence-electron chi connectivity index (χ2n) is 4.32. The van der Waals surface area contributed by atoms with Crippen LogP contribution in [-0.4, -0.2) is 11.3 Å². The first-order valence-electron chi connectivity index (χ1n) is 5.82. The number of benzene rings is 2. The van der Waals surface area contributed by atoms with Gasteiger partial charge in [-0.1, -0.05) is 53.0 Å². The highest BCUT2D eigenvalue weighted by Gasteiger charge is 2.16. The van der Waals surface area contributed by atoms with E-state index in [1.54, 1.807) is 12.1 Å². The van der Waals surface area contributed by atoms with Crippen molar-refractivity contribution in [3.63, 3.8) is 0 Å². The Hall–Kier alpha value is -1.48. The molecule has 100 valence electrons. The van der Waals surface area contributed by atoms with Crippen LogP contribution in [0.4, 0.5) is 0 Å². The molecule has 1 N–H and O–H groups in total. The minimum absolute atomic E-state index is 0.379. The Balaban J connectivity index is 2.35. The van der Waals surface area contributed by atoms with E-state index in [1.165, 1.54) is 0 Å². The molecule has 3 aromatic rings. The van der Waals surface area contributed by atoms with E-state index >= 15 is 0 Å². The molecule has 0 amide bonds. The Bertz CT molecular complexity index is 823. The molecule has 1 heterocycles. The van der Waals surface area contributed by atoms with Crippen LogP contribution in [0.3, 0.4) is 0 Å². The fourth-order valence-electron chi connectivity index (χ4n) is 2.21. The molecule has 0 atom stereocenters. The zero-order chi connectivity index (χ0) is 14.3. The third-order valence-corrected chi connectivity index (χ3v) is 4.18. The van der Waals surface area contributed by atoms with Gasteiger partial charge in [-0.05, 0) is 18.2 Å². The van der Waals surface area contributed by atoms with Gasteiger partial charge in [0, 0.05) is 22.0 Å². The maximum absolute atomic E-state index is 11.4. The van der Waals surface area contributed by atoms with E-state index in [-0.39, 0.29) is 0 Å².